The van der Waals surface area contributed by atoms with Gasteiger partial charge in [0, 0.05) is 28.9 Å². The van der Waals surface area contributed by atoms with Gasteiger partial charge in [-0.2, -0.15) is 0 Å². The smallest absolute Gasteiger partial charge is 0.251 e. The molecule has 0 aromatic heterocycles. The maximum atomic E-state index is 12.6. The van der Waals surface area contributed by atoms with Gasteiger partial charge in [0.2, 0.25) is 5.91 Å². The Morgan fingerprint density at radius 2 is 1.66 bits per heavy atom. The summed E-state index contributed by atoms with van der Waals surface area (Å²) in [4.78, 5) is 23.7. The second-order valence-corrected chi connectivity index (χ2v) is 6.29. The summed E-state index contributed by atoms with van der Waals surface area (Å²) in [5, 5.41) is 13.3. The van der Waals surface area contributed by atoms with Crippen LogP contribution in [0.5, 0.6) is 11.5 Å². The molecule has 2 aromatic carbocycles. The van der Waals surface area contributed by atoms with E-state index in [9.17, 15) is 9.59 Å². The molecule has 0 saturated heterocycles. The molecule has 0 aliphatic rings. The van der Waals surface area contributed by atoms with Crippen LogP contribution < -0.4 is 31.6 Å². The fourth-order valence-corrected chi connectivity index (χ4v) is 2.74. The van der Waals surface area contributed by atoms with Gasteiger partial charge in [0.15, 0.2) is 0 Å². The van der Waals surface area contributed by atoms with E-state index >= 15 is 0 Å². The van der Waals surface area contributed by atoms with Crippen LogP contribution in [0.3, 0.4) is 0 Å². The Kier molecular flexibility index (Phi) is 7.02. The van der Waals surface area contributed by atoms with E-state index in [0.29, 0.717) is 33.9 Å². The number of hydrogen-bond acceptors (Lipinski definition) is 6. The summed E-state index contributed by atoms with van der Waals surface area (Å²) < 4.78 is 10.6. The van der Waals surface area contributed by atoms with Gasteiger partial charge in [0.1, 0.15) is 17.3 Å². The van der Waals surface area contributed by atoms with Crippen molar-refractivity contribution in [1.29, 1.82) is 5.41 Å². The van der Waals surface area contributed by atoms with Crippen LogP contribution in [0, 0.1) is 12.3 Å². The third kappa shape index (κ3) is 5.38. The van der Waals surface area contributed by atoms with Crippen LogP contribution in [0.15, 0.2) is 30.3 Å². The molecule has 0 aliphatic carbocycles. The molecule has 0 radical (unpaired) electrons. The second-order valence-electron chi connectivity index (χ2n) is 6.29. The highest BCUT2D eigenvalue weighted by Crippen LogP contribution is 2.29. The molecule has 0 saturated carbocycles. The molecule has 0 heterocycles. The van der Waals surface area contributed by atoms with Crippen molar-refractivity contribution in [1.82, 2.24) is 5.32 Å². The number of benzene rings is 2. The number of methoxy groups -OCH3 is 2. The highest BCUT2D eigenvalue weighted by atomic mass is 16.5. The minimum Gasteiger partial charge on any atom is -0.496 e. The molecule has 9 nitrogen and oxygen atoms in total. The SMILES string of the molecule is COc1cc(C(=O)NCc2ccc(C(=N)N)cc2NCC(N)=O)cc(OC)c1C. The topological polar surface area (TPSA) is 153 Å². The molecule has 2 aromatic rings. The Morgan fingerprint density at radius 1 is 1.03 bits per heavy atom. The molecule has 0 unspecified atom stereocenters. The first-order valence-electron chi connectivity index (χ1n) is 8.77. The maximum absolute atomic E-state index is 12.6. The first-order chi connectivity index (χ1) is 13.8. The van der Waals surface area contributed by atoms with E-state index in [1.807, 2.05) is 6.92 Å². The monoisotopic (exact) mass is 399 g/mol. The average molecular weight is 399 g/mol. The van der Waals surface area contributed by atoms with E-state index in [1.54, 1.807) is 30.3 Å². The summed E-state index contributed by atoms with van der Waals surface area (Å²) in [6.45, 7) is 1.93. The minimum atomic E-state index is -0.535. The fourth-order valence-electron chi connectivity index (χ4n) is 2.74. The zero-order valence-electron chi connectivity index (χ0n) is 16.6. The molecule has 0 aliphatic heterocycles. The van der Waals surface area contributed by atoms with Gasteiger partial charge in [-0.3, -0.25) is 15.0 Å². The van der Waals surface area contributed by atoms with Crippen LogP contribution in [0.1, 0.15) is 27.0 Å². The summed E-state index contributed by atoms with van der Waals surface area (Å²) in [6, 6.07) is 8.29. The number of ether oxygens (including phenoxy) is 2. The third-order valence-corrected chi connectivity index (χ3v) is 4.33. The Morgan fingerprint density at radius 3 is 2.17 bits per heavy atom. The van der Waals surface area contributed by atoms with Gasteiger partial charge in [-0.15, -0.1) is 0 Å². The number of hydrogen-bond donors (Lipinski definition) is 5. The summed E-state index contributed by atoms with van der Waals surface area (Å²) in [5.41, 5.74) is 13.6. The van der Waals surface area contributed by atoms with Gasteiger partial charge >= 0.3 is 0 Å². The van der Waals surface area contributed by atoms with Crippen LogP contribution in [0.25, 0.3) is 0 Å². The predicted molar refractivity (Wildman–Crippen MR) is 111 cm³/mol. The zero-order valence-corrected chi connectivity index (χ0v) is 16.6. The Hall–Kier alpha value is -3.75. The molecule has 7 N–H and O–H groups in total. The van der Waals surface area contributed by atoms with Crippen LogP contribution in [0.2, 0.25) is 0 Å². The molecular weight excluding hydrogens is 374 g/mol. The van der Waals surface area contributed by atoms with Gasteiger partial charge < -0.3 is 31.6 Å². The molecule has 9 heteroatoms. The molecule has 0 atom stereocenters. The van der Waals surface area contributed by atoms with Crippen molar-refractivity contribution in [3.05, 3.63) is 52.6 Å². The van der Waals surface area contributed by atoms with Crippen molar-refractivity contribution in [2.24, 2.45) is 11.5 Å². The molecular formula is C20H25N5O4. The maximum Gasteiger partial charge on any atom is 0.251 e. The summed E-state index contributed by atoms with van der Waals surface area (Å²) in [5.74, 6) is 0.125. The number of anilines is 1. The van der Waals surface area contributed by atoms with Crippen LogP contribution >= 0.6 is 0 Å². The van der Waals surface area contributed by atoms with Gasteiger partial charge in [-0.1, -0.05) is 12.1 Å². The van der Waals surface area contributed by atoms with Crippen molar-refractivity contribution in [2.45, 2.75) is 13.5 Å². The van der Waals surface area contributed by atoms with E-state index in [2.05, 4.69) is 10.6 Å². The minimum absolute atomic E-state index is 0.0886. The van der Waals surface area contributed by atoms with Crippen molar-refractivity contribution < 1.29 is 19.1 Å². The van der Waals surface area contributed by atoms with E-state index < -0.39 is 5.91 Å². The quantitative estimate of drug-likeness (QED) is 0.315. The van der Waals surface area contributed by atoms with Crippen molar-refractivity contribution in [3.63, 3.8) is 0 Å². The summed E-state index contributed by atoms with van der Waals surface area (Å²) in [7, 11) is 3.05. The van der Waals surface area contributed by atoms with E-state index in [-0.39, 0.29) is 24.8 Å². The Balaban J connectivity index is 2.23. The average Bonchev–Trinajstić information content (AvgIpc) is 2.70. The van der Waals surface area contributed by atoms with E-state index in [1.165, 1.54) is 14.2 Å². The van der Waals surface area contributed by atoms with Crippen molar-refractivity contribution in [3.8, 4) is 11.5 Å². The first kappa shape index (κ1) is 21.5. The largest absolute Gasteiger partial charge is 0.496 e. The number of primary amides is 1. The van der Waals surface area contributed by atoms with Crippen LogP contribution in [-0.2, 0) is 11.3 Å². The summed E-state index contributed by atoms with van der Waals surface area (Å²) in [6.07, 6.45) is 0. The zero-order chi connectivity index (χ0) is 21.6. The number of nitrogens with two attached hydrogens (primary N) is 2. The van der Waals surface area contributed by atoms with Crippen molar-refractivity contribution >= 4 is 23.3 Å². The molecule has 2 amide bonds. The molecule has 154 valence electrons. The van der Waals surface area contributed by atoms with Crippen LogP contribution in [0.4, 0.5) is 5.69 Å². The molecule has 29 heavy (non-hydrogen) atoms. The number of carbonyl (C=O) groups is 2. The first-order valence-corrected chi connectivity index (χ1v) is 8.77. The van der Waals surface area contributed by atoms with Gasteiger partial charge in [0.25, 0.3) is 5.91 Å². The van der Waals surface area contributed by atoms with Gasteiger partial charge in [0.05, 0.1) is 20.8 Å². The highest BCUT2D eigenvalue weighted by molar-refractivity contribution is 5.97. The number of nitrogen functional groups attached to an aromatic ring is 1. The lowest BCUT2D eigenvalue weighted by atomic mass is 10.1. The predicted octanol–water partition coefficient (Wildman–Crippen LogP) is 1.12. The van der Waals surface area contributed by atoms with E-state index in [4.69, 9.17) is 26.4 Å². The number of carbonyl (C=O) groups excluding carboxylic acids is 2. The molecule has 2 rings (SSSR count). The lowest BCUT2D eigenvalue weighted by Crippen LogP contribution is -2.26. The summed E-state index contributed by atoms with van der Waals surface area (Å²) >= 11 is 0. The lowest BCUT2D eigenvalue weighted by molar-refractivity contribution is -0.116. The molecule has 0 fully saturated rings. The Bertz CT molecular complexity index is 917. The number of rotatable bonds is 9. The van der Waals surface area contributed by atoms with Crippen LogP contribution in [-0.4, -0.2) is 38.4 Å². The number of nitrogens with one attached hydrogen (secondary N) is 3. The van der Waals surface area contributed by atoms with Gasteiger partial charge in [-0.25, -0.2) is 0 Å². The van der Waals surface area contributed by atoms with Gasteiger partial charge in [-0.05, 0) is 30.7 Å². The third-order valence-electron chi connectivity index (χ3n) is 4.33. The second kappa shape index (κ2) is 9.45. The number of amidine groups is 1. The highest BCUT2D eigenvalue weighted by Gasteiger charge is 2.14. The normalized spacial score (nSPS) is 10.2. The standard InChI is InChI=1S/C20H25N5O4/c1-11-16(28-2)7-14(8-17(11)29-3)20(27)25-9-13-5-4-12(19(22)23)6-15(13)24-10-18(21)26/h4-8,24H,9-10H2,1-3H3,(H2,21,26)(H3,22,23)(H,25,27). The molecule has 0 spiro atoms. The number of amides is 2. The Labute approximate surface area is 168 Å². The lowest BCUT2D eigenvalue weighted by Gasteiger charge is -2.15. The van der Waals surface area contributed by atoms with E-state index in [0.717, 1.165) is 5.56 Å². The fraction of sp³-hybridized carbons (Fsp3) is 0.250. The molecule has 0 bridgehead atoms. The van der Waals surface area contributed by atoms with Crippen molar-refractivity contribution in [2.75, 3.05) is 26.1 Å².